The molecule has 1 aromatic carbocycles. The number of nitrogens with zero attached hydrogens (tertiary/aromatic N) is 7. The molecule has 0 bridgehead atoms. The fourth-order valence-electron chi connectivity index (χ4n) is 3.36. The van der Waals surface area contributed by atoms with Crippen LogP contribution in [0.3, 0.4) is 0 Å². The molecule has 0 aliphatic carbocycles. The first-order valence-corrected chi connectivity index (χ1v) is 9.02. The second-order valence-electron chi connectivity index (χ2n) is 6.94. The summed E-state index contributed by atoms with van der Waals surface area (Å²) in [5.41, 5.74) is 1.46. The van der Waals surface area contributed by atoms with Gasteiger partial charge in [-0.2, -0.15) is 14.7 Å². The van der Waals surface area contributed by atoms with E-state index in [-0.39, 0.29) is 22.4 Å². The summed E-state index contributed by atoms with van der Waals surface area (Å²) in [5, 5.41) is 15.8. The Morgan fingerprint density at radius 2 is 1.87 bits per heavy atom. The van der Waals surface area contributed by atoms with E-state index in [1.807, 2.05) is 0 Å². The van der Waals surface area contributed by atoms with Crippen molar-refractivity contribution in [2.75, 3.05) is 0 Å². The van der Waals surface area contributed by atoms with Gasteiger partial charge in [0.2, 0.25) is 0 Å². The van der Waals surface area contributed by atoms with E-state index >= 15 is 8.78 Å². The molecular weight excluding hydrogens is 395 g/mol. The van der Waals surface area contributed by atoms with Crippen molar-refractivity contribution >= 4 is 16.6 Å². The predicted molar refractivity (Wildman–Crippen MR) is 102 cm³/mol. The van der Waals surface area contributed by atoms with E-state index in [1.165, 1.54) is 12.3 Å². The van der Waals surface area contributed by atoms with Crippen LogP contribution in [0.5, 0.6) is 0 Å². The fourth-order valence-corrected chi connectivity index (χ4v) is 3.36. The maximum absolute atomic E-state index is 15.4. The van der Waals surface area contributed by atoms with Crippen LogP contribution in [0, 0.1) is 18.6 Å². The molecule has 1 atom stereocenters. The van der Waals surface area contributed by atoms with Crippen LogP contribution in [0.4, 0.5) is 13.2 Å². The third-order valence-corrected chi connectivity index (χ3v) is 4.85. The van der Waals surface area contributed by atoms with Gasteiger partial charge in [0.05, 0.1) is 23.0 Å². The Hall–Kier alpha value is -3.82. The smallest absolute Gasteiger partial charge is 0.193 e. The SMILES string of the molecule is Cc1ccc2nnc(C(F)c3c(F)cc4ncc(-c5cnn(C)c5)cc4c3F)n2n1. The molecule has 0 aliphatic rings. The van der Waals surface area contributed by atoms with E-state index in [0.29, 0.717) is 16.8 Å². The summed E-state index contributed by atoms with van der Waals surface area (Å²) in [6.07, 6.45) is 2.61. The summed E-state index contributed by atoms with van der Waals surface area (Å²) in [7, 11) is 1.75. The van der Waals surface area contributed by atoms with Gasteiger partial charge >= 0.3 is 0 Å². The number of benzene rings is 1. The third kappa shape index (κ3) is 2.79. The van der Waals surface area contributed by atoms with Crippen LogP contribution >= 0.6 is 0 Å². The van der Waals surface area contributed by atoms with Crippen LogP contribution in [0.2, 0.25) is 0 Å². The third-order valence-electron chi connectivity index (χ3n) is 4.85. The Morgan fingerprint density at radius 3 is 2.63 bits per heavy atom. The van der Waals surface area contributed by atoms with E-state index < -0.39 is 23.4 Å². The summed E-state index contributed by atoms with van der Waals surface area (Å²) in [6, 6.07) is 5.79. The molecule has 5 rings (SSSR count). The average Bonchev–Trinajstić information content (AvgIpc) is 3.33. The highest BCUT2D eigenvalue weighted by atomic mass is 19.2. The Labute approximate surface area is 167 Å². The van der Waals surface area contributed by atoms with E-state index in [9.17, 15) is 4.39 Å². The van der Waals surface area contributed by atoms with Crippen LogP contribution < -0.4 is 0 Å². The van der Waals surface area contributed by atoms with Crippen molar-refractivity contribution in [1.29, 1.82) is 0 Å². The van der Waals surface area contributed by atoms with Crippen LogP contribution in [0.25, 0.3) is 27.7 Å². The molecule has 0 saturated carbocycles. The maximum atomic E-state index is 15.4. The first-order chi connectivity index (χ1) is 14.4. The van der Waals surface area contributed by atoms with Crippen LogP contribution in [-0.4, -0.2) is 34.6 Å². The maximum Gasteiger partial charge on any atom is 0.193 e. The zero-order chi connectivity index (χ0) is 21.0. The monoisotopic (exact) mass is 409 g/mol. The molecule has 0 fully saturated rings. The highest BCUT2D eigenvalue weighted by Gasteiger charge is 2.29. The lowest BCUT2D eigenvalue weighted by Crippen LogP contribution is -2.09. The molecule has 4 aromatic heterocycles. The number of halogens is 3. The summed E-state index contributed by atoms with van der Waals surface area (Å²) < 4.78 is 48.2. The minimum Gasteiger partial charge on any atom is -0.275 e. The molecule has 4 heterocycles. The van der Waals surface area contributed by atoms with Crippen molar-refractivity contribution in [3.05, 3.63) is 71.6 Å². The molecule has 7 nitrogen and oxygen atoms in total. The molecule has 0 aliphatic heterocycles. The van der Waals surface area contributed by atoms with Crippen molar-refractivity contribution < 1.29 is 13.2 Å². The van der Waals surface area contributed by atoms with Gasteiger partial charge in [-0.1, -0.05) is 0 Å². The lowest BCUT2D eigenvalue weighted by Gasteiger charge is -2.12. The molecule has 1 unspecified atom stereocenters. The summed E-state index contributed by atoms with van der Waals surface area (Å²) in [4.78, 5) is 4.13. The number of hydrogen-bond donors (Lipinski definition) is 0. The number of alkyl halides is 1. The van der Waals surface area contributed by atoms with Gasteiger partial charge in [-0.3, -0.25) is 9.67 Å². The van der Waals surface area contributed by atoms with Crippen molar-refractivity contribution in [3.63, 3.8) is 0 Å². The molecule has 0 spiro atoms. The Balaban J connectivity index is 1.68. The molecule has 0 saturated heterocycles. The second-order valence-corrected chi connectivity index (χ2v) is 6.94. The molecule has 0 N–H and O–H groups in total. The van der Waals surface area contributed by atoms with Gasteiger partial charge in [0.25, 0.3) is 0 Å². The molecule has 5 aromatic rings. The zero-order valence-electron chi connectivity index (χ0n) is 15.9. The molecular formula is C20H14F3N7. The number of fused-ring (bicyclic) bond motifs is 2. The Kier molecular flexibility index (Phi) is 4.02. The van der Waals surface area contributed by atoms with Gasteiger partial charge < -0.3 is 0 Å². The number of aryl methyl sites for hydroxylation is 2. The van der Waals surface area contributed by atoms with E-state index in [4.69, 9.17) is 0 Å². The number of rotatable bonds is 3. The molecule has 0 amide bonds. The van der Waals surface area contributed by atoms with Gasteiger partial charge in [-0.25, -0.2) is 13.2 Å². The quantitative estimate of drug-likeness (QED) is 0.454. The number of aromatic nitrogens is 7. The van der Waals surface area contributed by atoms with Gasteiger partial charge in [0.15, 0.2) is 17.6 Å². The van der Waals surface area contributed by atoms with Gasteiger partial charge in [0, 0.05) is 42.0 Å². The topological polar surface area (TPSA) is 73.8 Å². The van der Waals surface area contributed by atoms with Crippen molar-refractivity contribution in [1.82, 2.24) is 34.6 Å². The second kappa shape index (κ2) is 6.61. The largest absolute Gasteiger partial charge is 0.275 e. The number of pyridine rings is 1. The van der Waals surface area contributed by atoms with Crippen molar-refractivity contribution in [2.45, 2.75) is 13.1 Å². The van der Waals surface area contributed by atoms with Crippen LogP contribution in [-0.2, 0) is 7.05 Å². The first kappa shape index (κ1) is 18.2. The molecule has 30 heavy (non-hydrogen) atoms. The minimum atomic E-state index is -2.21. The van der Waals surface area contributed by atoms with Gasteiger partial charge in [0.1, 0.15) is 11.6 Å². The Morgan fingerprint density at radius 1 is 1.03 bits per heavy atom. The minimum absolute atomic E-state index is 0.00614. The summed E-state index contributed by atoms with van der Waals surface area (Å²) >= 11 is 0. The van der Waals surface area contributed by atoms with Crippen molar-refractivity contribution in [3.8, 4) is 11.1 Å². The van der Waals surface area contributed by atoms with E-state index in [2.05, 4.69) is 25.4 Å². The standard InChI is InChI=1S/C20H14F3N7/c1-10-3-4-16-26-27-20(30(16)28-10)19(23)17-14(21)6-15-13(18(17)22)5-11(7-24-15)12-8-25-29(2)9-12/h3-9,19H,1-2H3. The Bertz CT molecular complexity index is 1420. The average molecular weight is 409 g/mol. The van der Waals surface area contributed by atoms with E-state index in [1.54, 1.807) is 43.2 Å². The van der Waals surface area contributed by atoms with Crippen LogP contribution in [0.1, 0.15) is 23.3 Å². The summed E-state index contributed by atoms with van der Waals surface area (Å²) in [5.74, 6) is -2.40. The fraction of sp³-hybridized carbons (Fsp3) is 0.150. The summed E-state index contributed by atoms with van der Waals surface area (Å²) in [6.45, 7) is 1.71. The highest BCUT2D eigenvalue weighted by molar-refractivity contribution is 5.85. The lowest BCUT2D eigenvalue weighted by molar-refractivity contribution is 0.352. The van der Waals surface area contributed by atoms with E-state index in [0.717, 1.165) is 10.6 Å². The molecule has 10 heteroatoms. The van der Waals surface area contributed by atoms with Crippen molar-refractivity contribution in [2.24, 2.45) is 7.05 Å². The molecule has 0 radical (unpaired) electrons. The van der Waals surface area contributed by atoms with Gasteiger partial charge in [-0.15, -0.1) is 10.2 Å². The van der Waals surface area contributed by atoms with Crippen LogP contribution in [0.15, 0.2) is 42.9 Å². The normalized spacial score (nSPS) is 12.7. The number of hydrogen-bond acceptors (Lipinski definition) is 5. The predicted octanol–water partition coefficient (Wildman–Crippen LogP) is 3.72. The van der Waals surface area contributed by atoms with Gasteiger partial charge in [-0.05, 0) is 25.1 Å². The first-order valence-electron chi connectivity index (χ1n) is 9.02. The zero-order valence-corrected chi connectivity index (χ0v) is 15.9. The lowest BCUT2D eigenvalue weighted by atomic mass is 10.0. The molecule has 150 valence electrons. The highest BCUT2D eigenvalue weighted by Crippen LogP contribution is 2.34.